The van der Waals surface area contributed by atoms with Crippen molar-refractivity contribution in [2.24, 2.45) is 0 Å². The topological polar surface area (TPSA) is 58.6 Å². The first-order valence-corrected chi connectivity index (χ1v) is 9.05. The van der Waals surface area contributed by atoms with Crippen molar-refractivity contribution in [1.29, 1.82) is 0 Å². The van der Waals surface area contributed by atoms with Gasteiger partial charge in [-0.3, -0.25) is 4.79 Å². The zero-order valence-electron chi connectivity index (χ0n) is 16.3. The Balaban J connectivity index is 2.27. The molecule has 1 atom stereocenters. The second-order valence-corrected chi connectivity index (χ2v) is 7.13. The minimum Gasteiger partial charge on any atom is -0.490 e. The first-order valence-electron chi connectivity index (χ1n) is 9.05. The maximum atomic E-state index is 13.1. The molecule has 0 aliphatic rings. The lowest BCUT2D eigenvalue weighted by Gasteiger charge is -2.18. The van der Waals surface area contributed by atoms with E-state index in [0.717, 1.165) is 16.7 Å². The summed E-state index contributed by atoms with van der Waals surface area (Å²) >= 11 is 0. The van der Waals surface area contributed by atoms with Gasteiger partial charge in [0.25, 0.3) is 0 Å². The molecule has 0 bridgehead atoms. The van der Waals surface area contributed by atoms with Crippen LogP contribution >= 0.6 is 0 Å². The summed E-state index contributed by atoms with van der Waals surface area (Å²) in [5.41, 5.74) is 4.07. The van der Waals surface area contributed by atoms with Crippen LogP contribution in [0.4, 0.5) is 0 Å². The van der Waals surface area contributed by atoms with Crippen LogP contribution in [0.3, 0.4) is 0 Å². The summed E-state index contributed by atoms with van der Waals surface area (Å²) in [5.74, 6) is 0.477. The highest BCUT2D eigenvalue weighted by Gasteiger charge is 2.20. The fourth-order valence-electron chi connectivity index (χ4n) is 2.91. The van der Waals surface area contributed by atoms with Crippen molar-refractivity contribution in [1.82, 2.24) is 5.32 Å². The van der Waals surface area contributed by atoms with E-state index in [4.69, 9.17) is 4.74 Å². The van der Waals surface area contributed by atoms with Gasteiger partial charge in [0.15, 0.2) is 5.78 Å². The number of hydrogen-bond acceptors (Lipinski definition) is 4. The van der Waals surface area contributed by atoms with Crippen molar-refractivity contribution in [3.05, 3.63) is 64.2 Å². The maximum absolute atomic E-state index is 13.1. The molecule has 0 aliphatic carbocycles. The van der Waals surface area contributed by atoms with Crippen LogP contribution in [-0.4, -0.2) is 36.2 Å². The summed E-state index contributed by atoms with van der Waals surface area (Å²) in [7, 11) is 0. The number of carbonyl (C=O) groups is 1. The fourth-order valence-corrected chi connectivity index (χ4v) is 2.91. The summed E-state index contributed by atoms with van der Waals surface area (Å²) in [6.45, 7) is 10.5. The zero-order chi connectivity index (χ0) is 19.3. The van der Waals surface area contributed by atoms with E-state index in [1.54, 1.807) is 0 Å². The number of aryl methyl sites for hydroxylation is 3. The molecule has 2 aromatic carbocycles. The number of hydrogen-bond donors (Lipinski definition) is 2. The predicted molar refractivity (Wildman–Crippen MR) is 105 cm³/mol. The van der Waals surface area contributed by atoms with Crippen molar-refractivity contribution in [3.63, 3.8) is 0 Å². The van der Waals surface area contributed by atoms with E-state index >= 15 is 0 Å². The second-order valence-electron chi connectivity index (χ2n) is 7.13. The molecule has 0 spiro atoms. The van der Waals surface area contributed by atoms with Gasteiger partial charge >= 0.3 is 0 Å². The van der Waals surface area contributed by atoms with E-state index in [1.807, 2.05) is 71.0 Å². The molecule has 2 aromatic rings. The number of nitrogens with one attached hydrogen (secondary N) is 1. The minimum absolute atomic E-state index is 0.0506. The average Bonchev–Trinajstić information content (AvgIpc) is 2.57. The Morgan fingerprint density at radius 2 is 1.81 bits per heavy atom. The Morgan fingerprint density at radius 1 is 1.12 bits per heavy atom. The van der Waals surface area contributed by atoms with Crippen LogP contribution in [0.2, 0.25) is 0 Å². The Hall–Kier alpha value is -2.17. The highest BCUT2D eigenvalue weighted by atomic mass is 16.5. The van der Waals surface area contributed by atoms with Gasteiger partial charge in [0.1, 0.15) is 18.5 Å². The van der Waals surface area contributed by atoms with E-state index in [9.17, 15) is 9.90 Å². The minimum atomic E-state index is -0.639. The SMILES string of the molecule is Cc1cc(C)c(C(=O)c2ccccc2C)c(OCC(O)CNC(C)C)c1. The number of aliphatic hydroxyl groups is 1. The molecule has 26 heavy (non-hydrogen) atoms. The summed E-state index contributed by atoms with van der Waals surface area (Å²) < 4.78 is 5.86. The van der Waals surface area contributed by atoms with Crippen LogP contribution in [0.5, 0.6) is 5.75 Å². The third kappa shape index (κ3) is 5.16. The number of aliphatic hydroxyl groups excluding tert-OH is 1. The molecule has 0 aliphatic heterocycles. The van der Waals surface area contributed by atoms with Crippen molar-refractivity contribution in [2.75, 3.05) is 13.2 Å². The zero-order valence-corrected chi connectivity index (χ0v) is 16.3. The van der Waals surface area contributed by atoms with Gasteiger partial charge in [-0.05, 0) is 43.5 Å². The highest BCUT2D eigenvalue weighted by Crippen LogP contribution is 2.28. The van der Waals surface area contributed by atoms with E-state index in [0.29, 0.717) is 29.5 Å². The number of ketones is 1. The number of carbonyl (C=O) groups excluding carboxylic acids is 1. The first-order chi connectivity index (χ1) is 12.3. The van der Waals surface area contributed by atoms with Crippen LogP contribution in [0, 0.1) is 20.8 Å². The Labute approximate surface area is 156 Å². The summed E-state index contributed by atoms with van der Waals surface area (Å²) in [6, 6.07) is 11.7. The van der Waals surface area contributed by atoms with Crippen molar-refractivity contribution in [3.8, 4) is 5.75 Å². The molecule has 0 amide bonds. The van der Waals surface area contributed by atoms with Gasteiger partial charge in [0.2, 0.25) is 0 Å². The Morgan fingerprint density at radius 3 is 2.46 bits per heavy atom. The van der Waals surface area contributed by atoms with Gasteiger partial charge in [-0.1, -0.05) is 44.2 Å². The molecule has 0 aromatic heterocycles. The maximum Gasteiger partial charge on any atom is 0.197 e. The number of ether oxygens (including phenoxy) is 1. The molecular formula is C22H29NO3. The molecule has 2 N–H and O–H groups in total. The standard InChI is InChI=1S/C22H29NO3/c1-14(2)23-12-18(24)13-26-20-11-15(3)10-17(5)21(20)22(25)19-9-7-6-8-16(19)4/h6-11,14,18,23-24H,12-13H2,1-5H3. The lowest BCUT2D eigenvalue weighted by atomic mass is 9.94. The molecule has 1 unspecified atom stereocenters. The van der Waals surface area contributed by atoms with E-state index < -0.39 is 6.10 Å². The monoisotopic (exact) mass is 355 g/mol. The molecule has 2 rings (SSSR count). The van der Waals surface area contributed by atoms with Crippen LogP contribution < -0.4 is 10.1 Å². The van der Waals surface area contributed by atoms with Crippen molar-refractivity contribution < 1.29 is 14.6 Å². The normalized spacial score (nSPS) is 12.3. The van der Waals surface area contributed by atoms with Crippen LogP contribution in [0.15, 0.2) is 36.4 Å². The van der Waals surface area contributed by atoms with Gasteiger partial charge in [-0.2, -0.15) is 0 Å². The quantitative estimate of drug-likeness (QED) is 0.711. The number of rotatable bonds is 8. The Bertz CT molecular complexity index is 768. The Kier molecular flexibility index (Phi) is 6.95. The molecule has 0 radical (unpaired) electrons. The van der Waals surface area contributed by atoms with Crippen LogP contribution in [0.25, 0.3) is 0 Å². The molecule has 0 saturated heterocycles. The fraction of sp³-hybridized carbons (Fsp3) is 0.409. The molecular weight excluding hydrogens is 326 g/mol. The third-order valence-electron chi connectivity index (χ3n) is 4.25. The van der Waals surface area contributed by atoms with Gasteiger partial charge in [0.05, 0.1) is 5.56 Å². The van der Waals surface area contributed by atoms with E-state index in [-0.39, 0.29) is 12.4 Å². The average molecular weight is 355 g/mol. The predicted octanol–water partition coefficient (Wildman–Crippen LogP) is 3.58. The molecule has 4 nitrogen and oxygen atoms in total. The van der Waals surface area contributed by atoms with Crippen molar-refractivity contribution >= 4 is 5.78 Å². The summed E-state index contributed by atoms with van der Waals surface area (Å²) in [6.07, 6.45) is -0.639. The molecule has 0 saturated carbocycles. The first kappa shape index (κ1) is 20.1. The number of benzene rings is 2. The van der Waals surface area contributed by atoms with Gasteiger partial charge in [-0.15, -0.1) is 0 Å². The van der Waals surface area contributed by atoms with E-state index in [1.165, 1.54) is 0 Å². The van der Waals surface area contributed by atoms with Crippen LogP contribution in [-0.2, 0) is 0 Å². The molecule has 4 heteroatoms. The smallest absolute Gasteiger partial charge is 0.197 e. The largest absolute Gasteiger partial charge is 0.490 e. The molecule has 0 heterocycles. The molecule has 140 valence electrons. The van der Waals surface area contributed by atoms with Crippen molar-refractivity contribution in [2.45, 2.75) is 46.8 Å². The summed E-state index contributed by atoms with van der Waals surface area (Å²) in [4.78, 5) is 13.1. The highest BCUT2D eigenvalue weighted by molar-refractivity contribution is 6.12. The lowest BCUT2D eigenvalue weighted by Crippen LogP contribution is -2.35. The summed E-state index contributed by atoms with van der Waals surface area (Å²) in [5, 5.41) is 13.3. The van der Waals surface area contributed by atoms with Gasteiger partial charge in [-0.25, -0.2) is 0 Å². The van der Waals surface area contributed by atoms with E-state index in [2.05, 4.69) is 5.32 Å². The van der Waals surface area contributed by atoms with Gasteiger partial charge < -0.3 is 15.2 Å². The second kappa shape index (κ2) is 8.97. The molecule has 0 fully saturated rings. The van der Waals surface area contributed by atoms with Gasteiger partial charge in [0, 0.05) is 18.2 Å². The van der Waals surface area contributed by atoms with Crippen LogP contribution in [0.1, 0.15) is 46.5 Å². The third-order valence-corrected chi connectivity index (χ3v) is 4.25. The lowest BCUT2D eigenvalue weighted by molar-refractivity contribution is 0.0980.